The van der Waals surface area contributed by atoms with E-state index in [0.29, 0.717) is 5.92 Å². The first-order chi connectivity index (χ1) is 10.6. The average molecular weight is 303 g/mol. The predicted molar refractivity (Wildman–Crippen MR) is 96.2 cm³/mol. The lowest BCUT2D eigenvalue weighted by molar-refractivity contribution is -0.121. The number of anilines is 1. The summed E-state index contributed by atoms with van der Waals surface area (Å²) in [6.45, 7) is 8.68. The second kappa shape index (κ2) is 10.4. The van der Waals surface area contributed by atoms with Crippen LogP contribution < -0.4 is 5.32 Å². The van der Waals surface area contributed by atoms with Gasteiger partial charge in [-0.15, -0.1) is 0 Å². The fraction of sp³-hybridized carbons (Fsp3) is 0.650. The molecule has 0 heterocycles. The van der Waals surface area contributed by atoms with Crippen molar-refractivity contribution in [1.82, 2.24) is 0 Å². The van der Waals surface area contributed by atoms with Crippen molar-refractivity contribution in [1.29, 1.82) is 0 Å². The number of amides is 1. The highest BCUT2D eigenvalue weighted by molar-refractivity contribution is 5.92. The van der Waals surface area contributed by atoms with Gasteiger partial charge in [0.1, 0.15) is 0 Å². The topological polar surface area (TPSA) is 29.1 Å². The van der Waals surface area contributed by atoms with Crippen molar-refractivity contribution in [3.8, 4) is 0 Å². The maximum absolute atomic E-state index is 12.2. The van der Waals surface area contributed by atoms with Crippen LogP contribution in [0.3, 0.4) is 0 Å². The first-order valence-corrected chi connectivity index (χ1v) is 9.00. The zero-order chi connectivity index (χ0) is 16.4. The average Bonchev–Trinajstić information content (AvgIpc) is 2.50. The molecule has 124 valence electrons. The highest BCUT2D eigenvalue weighted by Gasteiger charge is 2.24. The van der Waals surface area contributed by atoms with Crippen LogP contribution in [0.2, 0.25) is 0 Å². The molecule has 0 saturated heterocycles. The van der Waals surface area contributed by atoms with Gasteiger partial charge in [0.15, 0.2) is 0 Å². The maximum atomic E-state index is 12.2. The van der Waals surface area contributed by atoms with E-state index in [-0.39, 0.29) is 11.8 Å². The second-order valence-corrected chi connectivity index (χ2v) is 6.61. The molecule has 1 aromatic rings. The Morgan fingerprint density at radius 2 is 1.77 bits per heavy atom. The molecule has 0 aromatic heterocycles. The molecule has 22 heavy (non-hydrogen) atoms. The number of aryl methyl sites for hydroxylation is 1. The number of benzene rings is 1. The molecule has 2 nitrogen and oxygen atoms in total. The van der Waals surface area contributed by atoms with Crippen LogP contribution in [0.5, 0.6) is 0 Å². The van der Waals surface area contributed by atoms with Gasteiger partial charge in [0.2, 0.25) is 5.91 Å². The third-order valence-corrected chi connectivity index (χ3v) is 4.07. The lowest BCUT2D eigenvalue weighted by Crippen LogP contribution is -2.27. The largest absolute Gasteiger partial charge is 0.326 e. The summed E-state index contributed by atoms with van der Waals surface area (Å²) in [6, 6.07) is 8.27. The highest BCUT2D eigenvalue weighted by Crippen LogP contribution is 2.29. The lowest BCUT2D eigenvalue weighted by Gasteiger charge is -2.25. The number of hydrogen-bond acceptors (Lipinski definition) is 1. The summed E-state index contributed by atoms with van der Waals surface area (Å²) in [5.41, 5.74) is 2.27. The fourth-order valence-corrected chi connectivity index (χ4v) is 2.96. The fourth-order valence-electron chi connectivity index (χ4n) is 2.96. The van der Waals surface area contributed by atoms with Crippen LogP contribution in [0.25, 0.3) is 0 Å². The van der Waals surface area contributed by atoms with Crippen LogP contribution in [0.4, 0.5) is 5.69 Å². The molecule has 2 atom stereocenters. The molecular formula is C20H33NO. The summed E-state index contributed by atoms with van der Waals surface area (Å²) in [7, 11) is 0. The van der Waals surface area contributed by atoms with Crippen LogP contribution in [0.1, 0.15) is 71.8 Å². The van der Waals surface area contributed by atoms with Crippen molar-refractivity contribution in [2.24, 2.45) is 11.8 Å². The molecule has 0 spiro atoms. The Bertz CT molecular complexity index is 424. The Kier molecular flexibility index (Phi) is 8.88. The second-order valence-electron chi connectivity index (χ2n) is 6.61. The van der Waals surface area contributed by atoms with Gasteiger partial charge >= 0.3 is 0 Å². The van der Waals surface area contributed by atoms with Crippen molar-refractivity contribution < 1.29 is 4.79 Å². The van der Waals surface area contributed by atoms with E-state index in [1.807, 2.05) is 12.1 Å². The molecule has 1 aliphatic rings. The molecule has 1 amide bonds. The summed E-state index contributed by atoms with van der Waals surface area (Å²) >= 11 is 0. The van der Waals surface area contributed by atoms with Gasteiger partial charge in [-0.1, -0.05) is 65.5 Å². The molecule has 0 bridgehead atoms. The van der Waals surface area contributed by atoms with Gasteiger partial charge in [-0.2, -0.15) is 0 Å². The van der Waals surface area contributed by atoms with Crippen LogP contribution in [0.15, 0.2) is 24.3 Å². The minimum atomic E-state index is 0.204. The van der Waals surface area contributed by atoms with Crippen LogP contribution in [-0.4, -0.2) is 5.91 Å². The number of carbonyl (C=O) groups excluding carboxylic acids is 1. The van der Waals surface area contributed by atoms with E-state index in [4.69, 9.17) is 0 Å². The zero-order valence-corrected chi connectivity index (χ0v) is 14.8. The summed E-state index contributed by atoms with van der Waals surface area (Å²) in [5, 5.41) is 3.06. The molecule has 2 rings (SSSR count). The Morgan fingerprint density at radius 1 is 1.14 bits per heavy atom. The molecule has 1 unspecified atom stereocenters. The van der Waals surface area contributed by atoms with Gasteiger partial charge < -0.3 is 5.32 Å². The van der Waals surface area contributed by atoms with Gasteiger partial charge in [0.25, 0.3) is 0 Å². The summed E-state index contributed by atoms with van der Waals surface area (Å²) in [6.07, 6.45) is 8.06. The van der Waals surface area contributed by atoms with Gasteiger partial charge in [0.05, 0.1) is 0 Å². The number of rotatable bonds is 4. The molecule has 1 saturated carbocycles. The maximum Gasteiger partial charge on any atom is 0.227 e. The SMILES string of the molecule is CCC.CCCc1ccc(NC(=O)[C@H]2CCCC(C)C2)cc1. The summed E-state index contributed by atoms with van der Waals surface area (Å²) in [4.78, 5) is 12.2. The Morgan fingerprint density at radius 3 is 2.32 bits per heavy atom. The first kappa shape index (κ1) is 18.7. The third kappa shape index (κ3) is 6.64. The minimum absolute atomic E-state index is 0.204. The van der Waals surface area contributed by atoms with Crippen LogP contribution in [-0.2, 0) is 11.2 Å². The molecule has 1 fully saturated rings. The number of hydrogen-bond donors (Lipinski definition) is 1. The van der Waals surface area contributed by atoms with Crippen molar-refractivity contribution in [2.75, 3.05) is 5.32 Å². The van der Waals surface area contributed by atoms with Gasteiger partial charge in [-0.05, 0) is 42.9 Å². The van der Waals surface area contributed by atoms with Gasteiger partial charge in [-0.3, -0.25) is 4.79 Å². The molecule has 1 N–H and O–H groups in total. The third-order valence-electron chi connectivity index (χ3n) is 4.07. The van der Waals surface area contributed by atoms with E-state index in [0.717, 1.165) is 31.4 Å². The molecule has 0 aliphatic heterocycles. The van der Waals surface area contributed by atoms with E-state index < -0.39 is 0 Å². The first-order valence-electron chi connectivity index (χ1n) is 9.00. The van der Waals surface area contributed by atoms with E-state index in [1.54, 1.807) is 0 Å². The number of carbonyl (C=O) groups is 1. The minimum Gasteiger partial charge on any atom is -0.326 e. The van der Waals surface area contributed by atoms with Crippen molar-refractivity contribution in [3.63, 3.8) is 0 Å². The van der Waals surface area contributed by atoms with Crippen LogP contribution >= 0.6 is 0 Å². The molecule has 1 aromatic carbocycles. The van der Waals surface area contributed by atoms with Gasteiger partial charge in [0, 0.05) is 11.6 Å². The van der Waals surface area contributed by atoms with E-state index >= 15 is 0 Å². The predicted octanol–water partition coefficient (Wildman–Crippen LogP) is 5.82. The molecule has 1 aliphatic carbocycles. The van der Waals surface area contributed by atoms with E-state index in [9.17, 15) is 4.79 Å². The summed E-state index contributed by atoms with van der Waals surface area (Å²) in [5.74, 6) is 1.10. The lowest BCUT2D eigenvalue weighted by atomic mass is 9.82. The molecule has 0 radical (unpaired) electrons. The highest BCUT2D eigenvalue weighted by atomic mass is 16.1. The smallest absolute Gasteiger partial charge is 0.227 e. The summed E-state index contributed by atoms with van der Waals surface area (Å²) < 4.78 is 0. The quantitative estimate of drug-likeness (QED) is 0.746. The normalized spacial score (nSPS) is 20.7. The monoisotopic (exact) mass is 303 g/mol. The zero-order valence-electron chi connectivity index (χ0n) is 14.8. The van der Waals surface area contributed by atoms with E-state index in [1.165, 1.54) is 24.8 Å². The standard InChI is InChI=1S/C17H25NO.C3H8/c1-3-5-14-8-10-16(11-9-14)18-17(19)15-7-4-6-13(2)12-15;1-3-2/h8-11,13,15H,3-7,12H2,1-2H3,(H,18,19);3H2,1-2H3/t13?,15-;/m0./s1. The van der Waals surface area contributed by atoms with Crippen molar-refractivity contribution >= 4 is 11.6 Å². The molecular weight excluding hydrogens is 270 g/mol. The number of nitrogens with one attached hydrogen (secondary N) is 1. The Hall–Kier alpha value is -1.31. The van der Waals surface area contributed by atoms with Crippen molar-refractivity contribution in [2.45, 2.75) is 72.6 Å². The van der Waals surface area contributed by atoms with Crippen molar-refractivity contribution in [3.05, 3.63) is 29.8 Å². The van der Waals surface area contributed by atoms with Crippen LogP contribution in [0, 0.1) is 11.8 Å². The van der Waals surface area contributed by atoms with E-state index in [2.05, 4.69) is 45.1 Å². The van der Waals surface area contributed by atoms with Gasteiger partial charge in [-0.25, -0.2) is 0 Å². The Balaban J connectivity index is 0.000000745. The Labute approximate surface area is 136 Å². The molecule has 2 heteroatoms.